The third-order valence-corrected chi connectivity index (χ3v) is 9.87. The number of aromatic nitrogens is 1. The number of carbonyl (C=O) groups is 1. The molecule has 4 aromatic rings. The molecule has 0 spiro atoms. The number of fused-ring (bicyclic) bond motifs is 1. The van der Waals surface area contributed by atoms with Gasteiger partial charge in [-0.05, 0) is 59.7 Å². The molecule has 0 N–H and O–H groups in total. The van der Waals surface area contributed by atoms with Crippen LogP contribution in [0.15, 0.2) is 88.6 Å². The van der Waals surface area contributed by atoms with E-state index in [2.05, 4.69) is 0 Å². The fraction of sp³-hybridized carbons (Fsp3) is 0.194. The van der Waals surface area contributed by atoms with Crippen LogP contribution < -0.4 is 9.86 Å². The number of morpholine rings is 1. The zero-order valence-corrected chi connectivity index (χ0v) is 24.9. The second-order valence-corrected chi connectivity index (χ2v) is 12.8. The van der Waals surface area contributed by atoms with E-state index in [0.29, 0.717) is 53.0 Å². The van der Waals surface area contributed by atoms with Crippen molar-refractivity contribution in [2.24, 2.45) is 0 Å². The number of nitriles is 1. The average Bonchev–Trinajstić information content (AvgIpc) is 3.44. The predicted octanol–water partition coefficient (Wildman–Crippen LogP) is 5.12. The molecule has 218 valence electrons. The number of nitrogens with zero attached hydrogens (tertiary/aromatic N) is 4. The minimum atomic E-state index is -4.35. The van der Waals surface area contributed by atoms with Crippen molar-refractivity contribution in [3.63, 3.8) is 0 Å². The van der Waals surface area contributed by atoms with Gasteiger partial charge in [0.25, 0.3) is 21.5 Å². The molecule has 3 heterocycles. The first-order valence-corrected chi connectivity index (χ1v) is 15.6. The molecule has 0 unspecified atom stereocenters. The summed E-state index contributed by atoms with van der Waals surface area (Å²) >= 11 is 12.3. The minimum Gasteiger partial charge on any atom is -0.378 e. The molecule has 9 nitrogen and oxygen atoms in total. The molecule has 0 bridgehead atoms. The van der Waals surface area contributed by atoms with E-state index < -0.39 is 27.5 Å². The molecule has 12 heteroatoms. The summed E-state index contributed by atoms with van der Waals surface area (Å²) in [5, 5.41) is 10.4. The molecule has 0 aliphatic carbocycles. The number of pyridine rings is 1. The molecule has 1 aromatic heterocycles. The summed E-state index contributed by atoms with van der Waals surface area (Å²) < 4.78 is 36.9. The van der Waals surface area contributed by atoms with Gasteiger partial charge in [0.15, 0.2) is 0 Å². The fourth-order valence-corrected chi connectivity index (χ4v) is 7.39. The molecule has 43 heavy (non-hydrogen) atoms. The van der Waals surface area contributed by atoms with Gasteiger partial charge in [0.1, 0.15) is 11.4 Å². The maximum absolute atomic E-state index is 14.5. The number of hydrogen-bond donors (Lipinski definition) is 0. The van der Waals surface area contributed by atoms with Crippen molar-refractivity contribution in [2.45, 2.75) is 17.5 Å². The molecule has 3 aromatic carbocycles. The van der Waals surface area contributed by atoms with Crippen molar-refractivity contribution < 1.29 is 17.9 Å². The monoisotopic (exact) mass is 634 g/mol. The smallest absolute Gasteiger partial charge is 0.266 e. The average molecular weight is 636 g/mol. The third-order valence-electron chi connectivity index (χ3n) is 7.57. The second kappa shape index (κ2) is 11.5. The number of halogens is 2. The number of benzene rings is 3. The van der Waals surface area contributed by atoms with Gasteiger partial charge >= 0.3 is 0 Å². The normalized spacial score (nSPS) is 16.5. The van der Waals surface area contributed by atoms with Crippen LogP contribution in [0, 0.1) is 11.3 Å². The van der Waals surface area contributed by atoms with Crippen molar-refractivity contribution in [1.29, 1.82) is 5.26 Å². The molecule has 1 saturated heterocycles. The Morgan fingerprint density at radius 2 is 1.58 bits per heavy atom. The Kier molecular flexibility index (Phi) is 7.75. The molecule has 0 saturated carbocycles. The maximum Gasteiger partial charge on any atom is 0.266 e. The van der Waals surface area contributed by atoms with Gasteiger partial charge in [0.05, 0.1) is 42.3 Å². The van der Waals surface area contributed by atoms with Crippen LogP contribution in [0.4, 0.5) is 5.82 Å². The van der Waals surface area contributed by atoms with E-state index in [1.165, 1.54) is 39.2 Å². The van der Waals surface area contributed by atoms with Gasteiger partial charge in [-0.1, -0.05) is 53.5 Å². The van der Waals surface area contributed by atoms with E-state index >= 15 is 0 Å². The van der Waals surface area contributed by atoms with Crippen molar-refractivity contribution in [3.8, 4) is 17.2 Å². The highest BCUT2D eigenvalue weighted by Crippen LogP contribution is 2.45. The Morgan fingerprint density at radius 1 is 0.930 bits per heavy atom. The molecule has 2 aliphatic heterocycles. The van der Waals surface area contributed by atoms with Gasteiger partial charge in [0, 0.05) is 28.7 Å². The lowest BCUT2D eigenvalue weighted by atomic mass is 10.0. The summed E-state index contributed by atoms with van der Waals surface area (Å²) in [4.78, 5) is 29.2. The molecular formula is C31H24Cl2N4O5S. The number of rotatable bonds is 5. The Bertz CT molecular complexity index is 1930. The van der Waals surface area contributed by atoms with Gasteiger partial charge in [-0.15, -0.1) is 0 Å². The van der Waals surface area contributed by atoms with Crippen molar-refractivity contribution in [1.82, 2.24) is 9.47 Å². The van der Waals surface area contributed by atoms with Crippen LogP contribution in [-0.2, 0) is 21.3 Å². The van der Waals surface area contributed by atoms with Crippen LogP contribution >= 0.6 is 23.2 Å². The Hall–Kier alpha value is -4.14. The van der Waals surface area contributed by atoms with Crippen LogP contribution in [0.1, 0.15) is 27.5 Å². The van der Waals surface area contributed by atoms with Gasteiger partial charge in [-0.2, -0.15) is 5.26 Å². The highest BCUT2D eigenvalue weighted by molar-refractivity contribution is 7.92. The van der Waals surface area contributed by atoms with Crippen LogP contribution in [0.5, 0.6) is 0 Å². The summed E-state index contributed by atoms with van der Waals surface area (Å²) in [6, 6.07) is 21.8. The number of ether oxygens (including phenoxy) is 1. The quantitative estimate of drug-likeness (QED) is 0.301. The number of amides is 1. The number of carbonyl (C=O) groups excluding carboxylic acids is 1. The lowest BCUT2D eigenvalue weighted by Gasteiger charge is -2.28. The highest BCUT2D eigenvalue weighted by Gasteiger charge is 2.43. The SMILES string of the molecule is N#Cc1cccc(S(=O)(=O)N2c3c(-c4ccc(Cl)cc4)cc(C(=O)N4CCOCC4)c(=O)n3C[C@H]2c2ccc(Cl)cc2)c1. The van der Waals surface area contributed by atoms with E-state index in [1.807, 2.05) is 6.07 Å². The maximum atomic E-state index is 14.5. The van der Waals surface area contributed by atoms with Crippen molar-refractivity contribution in [2.75, 3.05) is 30.6 Å². The van der Waals surface area contributed by atoms with Gasteiger partial charge in [-0.3, -0.25) is 14.2 Å². The van der Waals surface area contributed by atoms with E-state index in [1.54, 1.807) is 53.4 Å². The summed E-state index contributed by atoms with van der Waals surface area (Å²) in [5.74, 6) is -0.349. The van der Waals surface area contributed by atoms with Crippen LogP contribution in [0.3, 0.4) is 0 Å². The van der Waals surface area contributed by atoms with E-state index in [9.17, 15) is 23.3 Å². The summed E-state index contributed by atoms with van der Waals surface area (Å²) in [5.41, 5.74) is 1.01. The number of hydrogen-bond acceptors (Lipinski definition) is 6. The minimum absolute atomic E-state index is 0.0577. The Balaban J connectivity index is 1.63. The highest BCUT2D eigenvalue weighted by atomic mass is 35.5. The van der Waals surface area contributed by atoms with Gasteiger partial charge in [0.2, 0.25) is 0 Å². The topological polar surface area (TPSA) is 113 Å². The second-order valence-electron chi connectivity index (χ2n) is 10.1. The lowest BCUT2D eigenvalue weighted by molar-refractivity contribution is 0.0301. The number of anilines is 1. The zero-order chi connectivity index (χ0) is 30.3. The molecule has 1 fully saturated rings. The van der Waals surface area contributed by atoms with Crippen molar-refractivity contribution in [3.05, 3.63) is 116 Å². The van der Waals surface area contributed by atoms with Crippen LogP contribution in [0.25, 0.3) is 11.1 Å². The fourth-order valence-electron chi connectivity index (χ4n) is 5.44. The Morgan fingerprint density at radius 3 is 2.23 bits per heavy atom. The predicted molar refractivity (Wildman–Crippen MR) is 163 cm³/mol. The molecule has 6 rings (SSSR count). The Labute approximate surface area is 258 Å². The molecule has 1 amide bonds. The summed E-state index contributed by atoms with van der Waals surface area (Å²) in [6.07, 6.45) is 0. The third kappa shape index (κ3) is 5.30. The molecular weight excluding hydrogens is 611 g/mol. The first kappa shape index (κ1) is 29.0. The van der Waals surface area contributed by atoms with E-state index in [0.717, 1.165) is 0 Å². The van der Waals surface area contributed by atoms with Crippen molar-refractivity contribution >= 4 is 45.0 Å². The molecule has 1 atom stereocenters. The van der Waals surface area contributed by atoms with E-state index in [-0.39, 0.29) is 28.4 Å². The van der Waals surface area contributed by atoms with Gasteiger partial charge < -0.3 is 9.64 Å². The van der Waals surface area contributed by atoms with Crippen LogP contribution in [0.2, 0.25) is 10.0 Å². The van der Waals surface area contributed by atoms with E-state index in [4.69, 9.17) is 27.9 Å². The van der Waals surface area contributed by atoms with Crippen LogP contribution in [-0.4, -0.2) is 50.1 Å². The largest absolute Gasteiger partial charge is 0.378 e. The standard InChI is InChI=1S/C31H24Cl2N4O5S/c32-23-8-4-21(5-9-23)26-17-27(30(38)35-12-14-42-15-13-35)31(39)36-19-28(22-6-10-24(33)11-7-22)37(29(26)36)43(40,41)25-3-1-2-20(16-25)18-34/h1-11,16-17,28H,12-15,19H2/t28-/m0/s1. The zero-order valence-electron chi connectivity index (χ0n) is 22.6. The summed E-state index contributed by atoms with van der Waals surface area (Å²) in [7, 11) is -4.35. The summed E-state index contributed by atoms with van der Waals surface area (Å²) in [6.45, 7) is 1.32. The number of sulfonamides is 1. The first-order valence-electron chi connectivity index (χ1n) is 13.4. The molecule has 0 radical (unpaired) electrons. The first-order chi connectivity index (χ1) is 20.7. The molecule has 2 aliphatic rings. The lowest BCUT2D eigenvalue weighted by Crippen LogP contribution is -2.43. The van der Waals surface area contributed by atoms with Gasteiger partial charge in [-0.25, -0.2) is 12.7 Å².